The smallest absolute Gasteiger partial charge is 0.306 e. The van der Waals surface area contributed by atoms with Crippen molar-refractivity contribution < 1.29 is 14.6 Å². The highest BCUT2D eigenvalue weighted by Gasteiger charge is 2.28. The number of carbonyl (C=O) groups is 1. The van der Waals surface area contributed by atoms with Gasteiger partial charge in [0.25, 0.3) is 0 Å². The summed E-state index contributed by atoms with van der Waals surface area (Å²) in [4.78, 5) is 22.1. The lowest BCUT2D eigenvalue weighted by molar-refractivity contribution is -0.143. The molecule has 0 saturated heterocycles. The molecular formula is C27H30N6O3S. The summed E-state index contributed by atoms with van der Waals surface area (Å²) in [6, 6.07) is 13.9. The SMILES string of the molecule is Cc1nc(-c2nnn(C)c2CNc2nc(-c3ccccc3)c(C)s2)ccc1O[C@H]1CCC[C@H](C(=O)O)C1. The molecule has 4 aromatic rings. The molecule has 0 bridgehead atoms. The zero-order valence-corrected chi connectivity index (χ0v) is 22.0. The standard InChI is InChI=1S/C27H30N6O3S/c1-16-23(36-20-11-7-10-19(14-20)26(34)35)13-12-21(29-16)25-22(33(3)32-31-25)15-28-27-30-24(17(2)37-27)18-8-5-4-6-9-18/h4-6,8-9,12-13,19-20H,7,10-11,14-15H2,1-3H3,(H,28,30)(H,34,35)/t19-,20-/m0/s1. The highest BCUT2D eigenvalue weighted by Crippen LogP contribution is 2.32. The molecule has 1 aliphatic rings. The summed E-state index contributed by atoms with van der Waals surface area (Å²) in [6.07, 6.45) is 2.84. The van der Waals surface area contributed by atoms with Crippen molar-refractivity contribution in [3.05, 3.63) is 58.7 Å². The van der Waals surface area contributed by atoms with Crippen LogP contribution >= 0.6 is 11.3 Å². The van der Waals surface area contributed by atoms with Gasteiger partial charge in [0.2, 0.25) is 0 Å². The maximum Gasteiger partial charge on any atom is 0.306 e. The van der Waals surface area contributed by atoms with Crippen molar-refractivity contribution >= 4 is 22.4 Å². The summed E-state index contributed by atoms with van der Waals surface area (Å²) in [5, 5.41) is 22.2. The third-order valence-electron chi connectivity index (χ3n) is 6.74. The molecule has 1 saturated carbocycles. The molecule has 9 nitrogen and oxygen atoms in total. The van der Waals surface area contributed by atoms with Gasteiger partial charge in [-0.25, -0.2) is 14.6 Å². The minimum Gasteiger partial charge on any atom is -0.489 e. The van der Waals surface area contributed by atoms with Gasteiger partial charge in [-0.3, -0.25) is 4.79 Å². The van der Waals surface area contributed by atoms with E-state index in [9.17, 15) is 9.90 Å². The number of rotatable bonds is 8. The first-order valence-electron chi connectivity index (χ1n) is 12.4. The van der Waals surface area contributed by atoms with Crippen molar-refractivity contribution in [2.75, 3.05) is 5.32 Å². The number of thiazole rings is 1. The van der Waals surface area contributed by atoms with Crippen molar-refractivity contribution in [2.45, 2.75) is 52.2 Å². The number of aromatic nitrogens is 5. The Bertz CT molecular complexity index is 1400. The van der Waals surface area contributed by atoms with Crippen LogP contribution in [-0.2, 0) is 18.4 Å². The van der Waals surface area contributed by atoms with Crippen LogP contribution in [0.1, 0.15) is 41.9 Å². The molecule has 0 amide bonds. The van der Waals surface area contributed by atoms with Crippen LogP contribution in [0.15, 0.2) is 42.5 Å². The lowest BCUT2D eigenvalue weighted by Gasteiger charge is -2.27. The first kappa shape index (κ1) is 24.9. The molecule has 37 heavy (non-hydrogen) atoms. The number of carboxylic acid groups (broad SMARTS) is 1. The van der Waals surface area contributed by atoms with E-state index in [-0.39, 0.29) is 12.0 Å². The van der Waals surface area contributed by atoms with Crippen molar-refractivity contribution in [2.24, 2.45) is 13.0 Å². The molecule has 0 aliphatic heterocycles. The second kappa shape index (κ2) is 10.7. The topological polar surface area (TPSA) is 115 Å². The first-order chi connectivity index (χ1) is 17.9. The van der Waals surface area contributed by atoms with Crippen LogP contribution in [0.5, 0.6) is 5.75 Å². The Hall–Kier alpha value is -3.79. The van der Waals surface area contributed by atoms with E-state index in [0.29, 0.717) is 36.5 Å². The zero-order valence-electron chi connectivity index (χ0n) is 21.1. The van der Waals surface area contributed by atoms with Crippen LogP contribution in [0.3, 0.4) is 0 Å². The zero-order chi connectivity index (χ0) is 25.9. The summed E-state index contributed by atoms with van der Waals surface area (Å²) in [7, 11) is 1.86. The van der Waals surface area contributed by atoms with Crippen LogP contribution in [0.25, 0.3) is 22.6 Å². The Kier molecular flexibility index (Phi) is 7.18. The van der Waals surface area contributed by atoms with Crippen LogP contribution in [0, 0.1) is 19.8 Å². The summed E-state index contributed by atoms with van der Waals surface area (Å²) >= 11 is 1.62. The number of hydrogen-bond acceptors (Lipinski definition) is 8. The average Bonchev–Trinajstić information content (AvgIpc) is 3.46. The van der Waals surface area contributed by atoms with E-state index in [2.05, 4.69) is 34.7 Å². The Morgan fingerprint density at radius 1 is 1.14 bits per heavy atom. The molecule has 0 radical (unpaired) electrons. The highest BCUT2D eigenvalue weighted by atomic mass is 32.1. The number of aryl methyl sites for hydroxylation is 3. The van der Waals surface area contributed by atoms with Crippen LogP contribution in [0.2, 0.25) is 0 Å². The van der Waals surface area contributed by atoms with Gasteiger partial charge in [-0.1, -0.05) is 35.5 Å². The van der Waals surface area contributed by atoms with Crippen LogP contribution in [0.4, 0.5) is 5.13 Å². The number of nitrogens with zero attached hydrogens (tertiary/aromatic N) is 5. The number of hydrogen-bond donors (Lipinski definition) is 2. The van der Waals surface area contributed by atoms with Gasteiger partial charge >= 0.3 is 5.97 Å². The maximum atomic E-state index is 11.4. The average molecular weight is 519 g/mol. The second-order valence-electron chi connectivity index (χ2n) is 9.37. The first-order valence-corrected chi connectivity index (χ1v) is 13.2. The van der Waals surface area contributed by atoms with E-state index < -0.39 is 5.97 Å². The van der Waals surface area contributed by atoms with Gasteiger partial charge in [0.15, 0.2) is 5.13 Å². The van der Waals surface area contributed by atoms with Gasteiger partial charge in [0.05, 0.1) is 41.3 Å². The van der Waals surface area contributed by atoms with Crippen molar-refractivity contribution in [3.8, 4) is 28.4 Å². The predicted molar refractivity (Wildman–Crippen MR) is 143 cm³/mol. The molecule has 2 atom stereocenters. The largest absolute Gasteiger partial charge is 0.489 e. The number of anilines is 1. The van der Waals surface area contributed by atoms with Gasteiger partial charge in [-0.05, 0) is 51.7 Å². The number of nitrogens with one attached hydrogen (secondary N) is 1. The number of carboxylic acids is 1. The quantitative estimate of drug-likeness (QED) is 0.325. The third kappa shape index (κ3) is 5.48. The number of benzene rings is 1. The number of aliphatic carboxylic acids is 1. The molecule has 1 fully saturated rings. The monoisotopic (exact) mass is 518 g/mol. The van der Waals surface area contributed by atoms with E-state index >= 15 is 0 Å². The van der Waals surface area contributed by atoms with E-state index in [4.69, 9.17) is 14.7 Å². The van der Waals surface area contributed by atoms with E-state index in [0.717, 1.165) is 45.5 Å². The molecule has 192 valence electrons. The van der Waals surface area contributed by atoms with Gasteiger partial charge in [-0.2, -0.15) is 0 Å². The van der Waals surface area contributed by atoms with Crippen molar-refractivity contribution in [1.29, 1.82) is 0 Å². The minimum absolute atomic E-state index is 0.111. The molecule has 3 aromatic heterocycles. The summed E-state index contributed by atoms with van der Waals surface area (Å²) in [5.74, 6) is -0.409. The van der Waals surface area contributed by atoms with Gasteiger partial charge in [0, 0.05) is 17.5 Å². The number of ether oxygens (including phenoxy) is 1. The summed E-state index contributed by atoms with van der Waals surface area (Å²) in [5.41, 5.74) is 5.12. The molecule has 3 heterocycles. The highest BCUT2D eigenvalue weighted by molar-refractivity contribution is 7.16. The molecule has 1 aromatic carbocycles. The van der Waals surface area contributed by atoms with Crippen molar-refractivity contribution in [3.63, 3.8) is 0 Å². The Labute approximate surface area is 219 Å². The Balaban J connectivity index is 1.30. The van der Waals surface area contributed by atoms with E-state index in [1.807, 2.05) is 44.3 Å². The van der Waals surface area contributed by atoms with E-state index in [1.54, 1.807) is 16.0 Å². The Morgan fingerprint density at radius 2 is 1.95 bits per heavy atom. The lowest BCUT2D eigenvalue weighted by atomic mass is 9.87. The Morgan fingerprint density at radius 3 is 2.70 bits per heavy atom. The minimum atomic E-state index is -0.744. The van der Waals surface area contributed by atoms with Gasteiger partial charge in [0.1, 0.15) is 11.4 Å². The van der Waals surface area contributed by atoms with Gasteiger partial charge in [-0.15, -0.1) is 16.4 Å². The molecule has 0 unspecified atom stereocenters. The second-order valence-corrected chi connectivity index (χ2v) is 10.6. The molecule has 5 rings (SSSR count). The van der Waals surface area contributed by atoms with Gasteiger partial charge < -0.3 is 15.2 Å². The molecule has 1 aliphatic carbocycles. The normalized spacial score (nSPS) is 17.5. The van der Waals surface area contributed by atoms with Crippen molar-refractivity contribution in [1.82, 2.24) is 25.0 Å². The predicted octanol–water partition coefficient (Wildman–Crippen LogP) is 5.25. The van der Waals surface area contributed by atoms with Crippen LogP contribution < -0.4 is 10.1 Å². The third-order valence-corrected chi connectivity index (χ3v) is 7.67. The molecule has 10 heteroatoms. The summed E-state index contributed by atoms with van der Waals surface area (Å²) in [6.45, 7) is 4.47. The van der Waals surface area contributed by atoms with E-state index in [1.165, 1.54) is 0 Å². The fraction of sp³-hybridized carbons (Fsp3) is 0.370. The fourth-order valence-electron chi connectivity index (χ4n) is 4.73. The van der Waals surface area contributed by atoms with Crippen LogP contribution in [-0.4, -0.2) is 42.1 Å². The molecular weight excluding hydrogens is 488 g/mol. The molecule has 0 spiro atoms. The number of pyridine rings is 1. The summed E-state index contributed by atoms with van der Waals surface area (Å²) < 4.78 is 7.91. The lowest BCUT2D eigenvalue weighted by Crippen LogP contribution is -2.29. The molecule has 2 N–H and O–H groups in total. The maximum absolute atomic E-state index is 11.4. The fourth-order valence-corrected chi connectivity index (χ4v) is 5.56.